The molecular formula is C47H40N2. The Morgan fingerprint density at radius 1 is 0.571 bits per heavy atom. The van der Waals surface area contributed by atoms with Crippen LogP contribution in [0.25, 0.3) is 49.3 Å². The summed E-state index contributed by atoms with van der Waals surface area (Å²) in [5.74, 6) is 0.161. The van der Waals surface area contributed by atoms with Crippen molar-refractivity contribution in [3.63, 3.8) is 0 Å². The lowest BCUT2D eigenvalue weighted by atomic mass is 9.76. The Morgan fingerprint density at radius 2 is 1.18 bits per heavy atom. The van der Waals surface area contributed by atoms with E-state index in [0.29, 0.717) is 0 Å². The van der Waals surface area contributed by atoms with Gasteiger partial charge < -0.3 is 4.57 Å². The molecule has 238 valence electrons. The van der Waals surface area contributed by atoms with Gasteiger partial charge in [0.1, 0.15) is 0 Å². The minimum atomic E-state index is -0.227. The first kappa shape index (κ1) is 28.8. The van der Waals surface area contributed by atoms with Crippen molar-refractivity contribution in [3.05, 3.63) is 161 Å². The number of hydrogen-bond acceptors (Lipinski definition) is 1. The highest BCUT2D eigenvalue weighted by Gasteiger charge is 2.48. The van der Waals surface area contributed by atoms with Crippen LogP contribution in [-0.2, 0) is 10.8 Å². The molecule has 7 aromatic rings. The second-order valence-corrected chi connectivity index (χ2v) is 15.4. The molecular weight excluding hydrogens is 593 g/mol. The van der Waals surface area contributed by atoms with Crippen molar-refractivity contribution < 1.29 is 0 Å². The zero-order valence-electron chi connectivity index (χ0n) is 28.9. The van der Waals surface area contributed by atoms with E-state index in [4.69, 9.17) is 4.99 Å². The summed E-state index contributed by atoms with van der Waals surface area (Å²) in [6.45, 7) is 11.9. The quantitative estimate of drug-likeness (QED) is 0.184. The van der Waals surface area contributed by atoms with Gasteiger partial charge in [0.05, 0.1) is 23.0 Å². The normalized spacial score (nSPS) is 20.0. The van der Waals surface area contributed by atoms with Gasteiger partial charge in [0, 0.05) is 44.2 Å². The molecule has 0 saturated carbocycles. The predicted octanol–water partition coefficient (Wildman–Crippen LogP) is 12.0. The Labute approximate surface area is 288 Å². The zero-order valence-corrected chi connectivity index (χ0v) is 28.9. The van der Waals surface area contributed by atoms with Gasteiger partial charge in [-0.3, -0.25) is 4.99 Å². The molecule has 10 rings (SSSR count). The molecule has 1 aliphatic heterocycles. The van der Waals surface area contributed by atoms with E-state index in [-0.39, 0.29) is 22.8 Å². The average molecular weight is 633 g/mol. The van der Waals surface area contributed by atoms with Crippen LogP contribution in [-0.4, -0.2) is 10.3 Å². The highest BCUT2D eigenvalue weighted by Crippen LogP contribution is 2.58. The maximum Gasteiger partial charge on any atom is 0.0699 e. The molecule has 49 heavy (non-hydrogen) atoms. The van der Waals surface area contributed by atoms with Crippen LogP contribution in [0.15, 0.2) is 138 Å². The van der Waals surface area contributed by atoms with Gasteiger partial charge in [0.25, 0.3) is 0 Å². The molecule has 0 radical (unpaired) electrons. The molecule has 2 heteroatoms. The molecule has 3 aliphatic rings. The van der Waals surface area contributed by atoms with Crippen LogP contribution in [0.2, 0.25) is 0 Å². The number of aromatic nitrogens is 1. The second-order valence-electron chi connectivity index (χ2n) is 15.4. The van der Waals surface area contributed by atoms with Crippen LogP contribution >= 0.6 is 0 Å². The number of aliphatic imine (C=N–C) groups is 1. The van der Waals surface area contributed by atoms with Gasteiger partial charge in [0.15, 0.2) is 0 Å². The van der Waals surface area contributed by atoms with Gasteiger partial charge in [0.2, 0.25) is 0 Å². The van der Waals surface area contributed by atoms with Crippen molar-refractivity contribution >= 4 is 43.9 Å². The fourth-order valence-electron chi connectivity index (χ4n) is 9.85. The topological polar surface area (TPSA) is 17.3 Å². The smallest absolute Gasteiger partial charge is 0.0699 e. The van der Waals surface area contributed by atoms with Gasteiger partial charge in [-0.2, -0.15) is 0 Å². The lowest BCUT2D eigenvalue weighted by molar-refractivity contribution is 0.491. The molecule has 0 spiro atoms. The van der Waals surface area contributed by atoms with E-state index < -0.39 is 0 Å². The summed E-state index contributed by atoms with van der Waals surface area (Å²) in [6.07, 6.45) is 0.971. The predicted molar refractivity (Wildman–Crippen MR) is 207 cm³/mol. The Morgan fingerprint density at radius 3 is 1.96 bits per heavy atom. The number of nitrogens with zero attached hydrogens (tertiary/aromatic N) is 2. The molecule has 2 atom stereocenters. The van der Waals surface area contributed by atoms with E-state index in [9.17, 15) is 0 Å². The minimum absolute atomic E-state index is 0.0690. The summed E-state index contributed by atoms with van der Waals surface area (Å²) in [5.41, 5.74) is 15.7. The third kappa shape index (κ3) is 3.70. The molecule has 0 fully saturated rings. The number of hydrogen-bond donors (Lipinski definition) is 0. The largest absolute Gasteiger partial charge is 0.332 e. The Hall–Kier alpha value is -5.21. The van der Waals surface area contributed by atoms with Crippen LogP contribution in [0, 0.1) is 5.92 Å². The van der Waals surface area contributed by atoms with Gasteiger partial charge in [-0.25, -0.2) is 0 Å². The van der Waals surface area contributed by atoms with Gasteiger partial charge in [-0.05, 0) is 68.8 Å². The van der Waals surface area contributed by atoms with Crippen LogP contribution < -0.4 is 0 Å². The number of allylic oxidation sites excluding steroid dienone is 2. The van der Waals surface area contributed by atoms with E-state index in [0.717, 1.165) is 6.42 Å². The van der Waals surface area contributed by atoms with Crippen molar-refractivity contribution in [1.29, 1.82) is 0 Å². The molecule has 1 unspecified atom stereocenters. The summed E-state index contributed by atoms with van der Waals surface area (Å²) in [4.78, 5) is 5.89. The summed E-state index contributed by atoms with van der Waals surface area (Å²) in [5, 5.41) is 5.19. The highest BCUT2D eigenvalue weighted by atomic mass is 15.1. The van der Waals surface area contributed by atoms with Crippen LogP contribution in [0.4, 0.5) is 0 Å². The third-order valence-corrected chi connectivity index (χ3v) is 12.2. The Bertz CT molecular complexity index is 2610. The molecule has 0 amide bonds. The van der Waals surface area contributed by atoms with Crippen molar-refractivity contribution in [1.82, 2.24) is 4.57 Å². The fourth-order valence-corrected chi connectivity index (χ4v) is 9.85. The SMILES string of the molecule is CC[C@H]1C(c2cccc3c2-c2ccccc2C3(C)C)=NC2=C(c3ccccc3C2(C)C)C1n1c2ccccc2c2cc3ccccc3cc21. The first-order valence-electron chi connectivity index (χ1n) is 17.9. The maximum atomic E-state index is 5.89. The molecule has 2 aliphatic carbocycles. The molecule has 0 N–H and O–H groups in total. The summed E-state index contributed by atoms with van der Waals surface area (Å²) < 4.78 is 2.70. The van der Waals surface area contributed by atoms with E-state index >= 15 is 0 Å². The Kier molecular flexibility index (Phi) is 5.83. The molecule has 6 aromatic carbocycles. The lowest BCUT2D eigenvalue weighted by Gasteiger charge is -2.37. The monoisotopic (exact) mass is 632 g/mol. The number of para-hydroxylation sites is 1. The molecule has 0 bridgehead atoms. The van der Waals surface area contributed by atoms with Crippen LogP contribution in [0.3, 0.4) is 0 Å². The molecule has 0 saturated heterocycles. The first-order chi connectivity index (χ1) is 23.8. The molecule has 2 heterocycles. The van der Waals surface area contributed by atoms with Crippen LogP contribution in [0.1, 0.15) is 74.9 Å². The van der Waals surface area contributed by atoms with Crippen molar-refractivity contribution in [2.24, 2.45) is 10.9 Å². The molecule has 2 nitrogen and oxygen atoms in total. The van der Waals surface area contributed by atoms with E-state index in [1.807, 2.05) is 0 Å². The van der Waals surface area contributed by atoms with E-state index in [1.54, 1.807) is 0 Å². The standard InChI is InChI=1S/C47H40N2/c1-6-30-43(34-21-15-24-38-41(34)32-19-9-12-22-36(32)46(38,2)3)48-45-42(33-20-10-13-23-37(33)47(45,4)5)44(30)49-39-25-14-11-18-31(39)35-26-28-16-7-8-17-29(28)27-40(35)49/h7-27,30,44H,6H2,1-5H3/t30-,44?/m0/s1. The third-order valence-electron chi connectivity index (χ3n) is 12.2. The van der Waals surface area contributed by atoms with Gasteiger partial charge >= 0.3 is 0 Å². The fraction of sp³-hybridized carbons (Fsp3) is 0.213. The second kappa shape index (κ2) is 9.92. The average Bonchev–Trinajstić information content (AvgIpc) is 3.66. The van der Waals surface area contributed by atoms with Gasteiger partial charge in [-0.15, -0.1) is 0 Å². The highest BCUT2D eigenvalue weighted by molar-refractivity contribution is 6.16. The van der Waals surface area contributed by atoms with Crippen molar-refractivity contribution in [3.8, 4) is 11.1 Å². The summed E-state index contributed by atoms with van der Waals surface area (Å²) in [7, 11) is 0. The first-order valence-corrected chi connectivity index (χ1v) is 17.9. The maximum absolute atomic E-state index is 5.89. The Balaban J connectivity index is 1.33. The van der Waals surface area contributed by atoms with Crippen molar-refractivity contribution in [2.45, 2.75) is 57.9 Å². The number of rotatable bonds is 3. The lowest BCUT2D eigenvalue weighted by Crippen LogP contribution is -2.33. The summed E-state index contributed by atoms with van der Waals surface area (Å²) in [6, 6.07) is 47.9. The van der Waals surface area contributed by atoms with E-state index in [2.05, 4.69) is 167 Å². The van der Waals surface area contributed by atoms with E-state index in [1.165, 1.54) is 88.5 Å². The molecule has 1 aromatic heterocycles. The van der Waals surface area contributed by atoms with Gasteiger partial charge in [-0.1, -0.05) is 144 Å². The zero-order chi connectivity index (χ0) is 33.2. The van der Waals surface area contributed by atoms with Crippen LogP contribution in [0.5, 0.6) is 0 Å². The number of benzene rings is 6. The number of fused-ring (bicyclic) bond motifs is 9. The van der Waals surface area contributed by atoms with Crippen molar-refractivity contribution in [2.75, 3.05) is 0 Å². The minimum Gasteiger partial charge on any atom is -0.332 e. The summed E-state index contributed by atoms with van der Waals surface area (Å²) >= 11 is 0.